The summed E-state index contributed by atoms with van der Waals surface area (Å²) in [6, 6.07) is 1.64. The van der Waals surface area contributed by atoms with E-state index in [4.69, 9.17) is 4.74 Å². The predicted octanol–water partition coefficient (Wildman–Crippen LogP) is 1.20. The first-order chi connectivity index (χ1) is 7.67. The molecule has 0 aliphatic rings. The van der Waals surface area contributed by atoms with Crippen molar-refractivity contribution in [2.24, 2.45) is 7.05 Å². The summed E-state index contributed by atoms with van der Waals surface area (Å²) in [7, 11) is 3.36. The van der Waals surface area contributed by atoms with Crippen LogP contribution < -0.4 is 5.32 Å². The molecule has 88 valence electrons. The number of rotatable bonds is 6. The smallest absolute Gasteiger partial charge is 0.224 e. The van der Waals surface area contributed by atoms with Crippen molar-refractivity contribution in [3.8, 4) is 0 Å². The Bertz CT molecular complexity index is 371. The fourth-order valence-electron chi connectivity index (χ4n) is 1.37. The first-order valence-corrected chi connectivity index (χ1v) is 5.07. The lowest BCUT2D eigenvalue weighted by atomic mass is 10.3. The number of nitrogens with one attached hydrogen (secondary N) is 1. The van der Waals surface area contributed by atoms with E-state index in [1.54, 1.807) is 31.0 Å². The molecule has 0 aliphatic carbocycles. The van der Waals surface area contributed by atoms with Crippen LogP contribution in [-0.2, 0) is 16.6 Å². The second-order valence-electron chi connectivity index (χ2n) is 3.53. The molecule has 0 aliphatic heterocycles. The number of hydrogen-bond donors (Lipinski definition) is 1. The third-order valence-electron chi connectivity index (χ3n) is 2.20. The Balaban J connectivity index is 2.46. The van der Waals surface area contributed by atoms with E-state index in [9.17, 15) is 9.59 Å². The maximum absolute atomic E-state index is 11.4. The van der Waals surface area contributed by atoms with Crippen LogP contribution in [0, 0.1) is 0 Å². The van der Waals surface area contributed by atoms with Gasteiger partial charge in [0.25, 0.3) is 0 Å². The van der Waals surface area contributed by atoms with Crippen LogP contribution in [0.3, 0.4) is 0 Å². The molecule has 1 rings (SSSR count). The van der Waals surface area contributed by atoms with Gasteiger partial charge in [-0.25, -0.2) is 0 Å². The van der Waals surface area contributed by atoms with Crippen molar-refractivity contribution < 1.29 is 14.3 Å². The molecule has 0 fully saturated rings. The van der Waals surface area contributed by atoms with E-state index in [0.29, 0.717) is 30.8 Å². The Hall–Kier alpha value is -1.62. The molecule has 0 atom stereocenters. The summed E-state index contributed by atoms with van der Waals surface area (Å²) in [5, 5.41) is 2.72. The number of hydrogen-bond acceptors (Lipinski definition) is 3. The number of aryl methyl sites for hydroxylation is 1. The van der Waals surface area contributed by atoms with Crippen LogP contribution >= 0.6 is 0 Å². The van der Waals surface area contributed by atoms with Crippen LogP contribution in [0.1, 0.15) is 23.3 Å². The van der Waals surface area contributed by atoms with Crippen molar-refractivity contribution in [2.45, 2.75) is 12.8 Å². The predicted molar refractivity (Wildman–Crippen MR) is 60.5 cm³/mol. The number of ether oxygens (including phenoxy) is 1. The molecule has 5 nitrogen and oxygen atoms in total. The average molecular weight is 224 g/mol. The SMILES string of the molecule is COCCCC(=O)Nc1cc(C=O)n(C)c1. The molecule has 1 aromatic heterocycles. The van der Waals surface area contributed by atoms with E-state index >= 15 is 0 Å². The molecular weight excluding hydrogens is 208 g/mol. The van der Waals surface area contributed by atoms with Gasteiger partial charge in [0.15, 0.2) is 6.29 Å². The van der Waals surface area contributed by atoms with E-state index in [-0.39, 0.29) is 5.91 Å². The standard InChI is InChI=1S/C11H16N2O3/c1-13-7-9(6-10(13)8-14)12-11(15)4-3-5-16-2/h6-8H,3-5H2,1-2H3,(H,12,15). The number of methoxy groups -OCH3 is 1. The normalized spacial score (nSPS) is 10.1. The third kappa shape index (κ3) is 3.51. The molecule has 0 unspecified atom stereocenters. The number of carbonyl (C=O) groups excluding carboxylic acids is 2. The van der Waals surface area contributed by atoms with Crippen LogP contribution in [0.2, 0.25) is 0 Å². The molecule has 1 aromatic rings. The van der Waals surface area contributed by atoms with Gasteiger partial charge in [-0.3, -0.25) is 9.59 Å². The lowest BCUT2D eigenvalue weighted by Crippen LogP contribution is -2.11. The van der Waals surface area contributed by atoms with E-state index in [1.807, 2.05) is 0 Å². The van der Waals surface area contributed by atoms with Crippen molar-refractivity contribution in [2.75, 3.05) is 19.0 Å². The van der Waals surface area contributed by atoms with Gasteiger partial charge >= 0.3 is 0 Å². The van der Waals surface area contributed by atoms with Gasteiger partial charge in [-0.15, -0.1) is 0 Å². The Kier molecular flexibility index (Phi) is 4.72. The van der Waals surface area contributed by atoms with Gasteiger partial charge in [0, 0.05) is 33.4 Å². The van der Waals surface area contributed by atoms with Crippen molar-refractivity contribution in [1.29, 1.82) is 0 Å². The Morgan fingerprint density at radius 1 is 1.62 bits per heavy atom. The Labute approximate surface area is 94.4 Å². The van der Waals surface area contributed by atoms with Crippen LogP contribution in [-0.4, -0.2) is 30.5 Å². The second-order valence-corrected chi connectivity index (χ2v) is 3.53. The van der Waals surface area contributed by atoms with Gasteiger partial charge in [-0.1, -0.05) is 0 Å². The fraction of sp³-hybridized carbons (Fsp3) is 0.455. The molecule has 0 spiro atoms. The zero-order valence-corrected chi connectivity index (χ0v) is 9.53. The average Bonchev–Trinajstić information content (AvgIpc) is 2.59. The maximum Gasteiger partial charge on any atom is 0.224 e. The quantitative estimate of drug-likeness (QED) is 0.583. The van der Waals surface area contributed by atoms with Gasteiger partial charge in [0.2, 0.25) is 5.91 Å². The Morgan fingerprint density at radius 2 is 2.38 bits per heavy atom. The van der Waals surface area contributed by atoms with E-state index in [0.717, 1.165) is 6.29 Å². The maximum atomic E-state index is 11.4. The van der Waals surface area contributed by atoms with Gasteiger partial charge in [-0.05, 0) is 12.5 Å². The van der Waals surface area contributed by atoms with Crippen molar-refractivity contribution in [3.05, 3.63) is 18.0 Å². The van der Waals surface area contributed by atoms with Gasteiger partial charge in [0.1, 0.15) is 0 Å². The third-order valence-corrected chi connectivity index (χ3v) is 2.20. The summed E-state index contributed by atoms with van der Waals surface area (Å²) in [5.74, 6) is -0.0694. The largest absolute Gasteiger partial charge is 0.385 e. The molecule has 1 heterocycles. The molecule has 1 N–H and O–H groups in total. The van der Waals surface area contributed by atoms with Crippen LogP contribution in [0.25, 0.3) is 0 Å². The summed E-state index contributed by atoms with van der Waals surface area (Å²) in [6.07, 6.45) is 3.56. The number of amides is 1. The zero-order chi connectivity index (χ0) is 12.0. The molecule has 0 radical (unpaired) electrons. The minimum Gasteiger partial charge on any atom is -0.385 e. The highest BCUT2D eigenvalue weighted by Gasteiger charge is 2.05. The highest BCUT2D eigenvalue weighted by molar-refractivity contribution is 5.91. The van der Waals surface area contributed by atoms with E-state index < -0.39 is 0 Å². The highest BCUT2D eigenvalue weighted by atomic mass is 16.5. The van der Waals surface area contributed by atoms with Gasteiger partial charge < -0.3 is 14.6 Å². The summed E-state index contributed by atoms with van der Waals surface area (Å²) in [4.78, 5) is 22.0. The summed E-state index contributed by atoms with van der Waals surface area (Å²) in [6.45, 7) is 0.571. The second kappa shape index (κ2) is 6.07. The first kappa shape index (κ1) is 12.4. The number of aromatic nitrogens is 1. The molecular formula is C11H16N2O3. The lowest BCUT2D eigenvalue weighted by molar-refractivity contribution is -0.116. The van der Waals surface area contributed by atoms with Crippen molar-refractivity contribution in [3.63, 3.8) is 0 Å². The monoisotopic (exact) mass is 224 g/mol. The number of anilines is 1. The number of aldehydes is 1. The highest BCUT2D eigenvalue weighted by Crippen LogP contribution is 2.11. The molecule has 16 heavy (non-hydrogen) atoms. The molecule has 0 saturated carbocycles. The topological polar surface area (TPSA) is 60.3 Å². The van der Waals surface area contributed by atoms with Crippen molar-refractivity contribution >= 4 is 17.9 Å². The number of nitrogens with zero attached hydrogens (tertiary/aromatic N) is 1. The molecule has 5 heteroatoms. The van der Waals surface area contributed by atoms with E-state index in [1.165, 1.54) is 0 Å². The molecule has 0 saturated heterocycles. The van der Waals surface area contributed by atoms with Gasteiger partial charge in [0.05, 0.1) is 11.4 Å². The van der Waals surface area contributed by atoms with E-state index in [2.05, 4.69) is 5.32 Å². The summed E-state index contributed by atoms with van der Waals surface area (Å²) >= 11 is 0. The lowest BCUT2D eigenvalue weighted by Gasteiger charge is -2.01. The zero-order valence-electron chi connectivity index (χ0n) is 9.53. The summed E-state index contributed by atoms with van der Waals surface area (Å²) in [5.41, 5.74) is 1.18. The van der Waals surface area contributed by atoms with Crippen LogP contribution in [0.15, 0.2) is 12.3 Å². The minimum absolute atomic E-state index is 0.0694. The van der Waals surface area contributed by atoms with Gasteiger partial charge in [-0.2, -0.15) is 0 Å². The van der Waals surface area contributed by atoms with Crippen LogP contribution in [0.5, 0.6) is 0 Å². The minimum atomic E-state index is -0.0694. The summed E-state index contributed by atoms with van der Waals surface area (Å²) < 4.78 is 6.52. The molecule has 1 amide bonds. The number of carbonyl (C=O) groups is 2. The molecule has 0 bridgehead atoms. The first-order valence-electron chi connectivity index (χ1n) is 5.07. The van der Waals surface area contributed by atoms with Crippen LogP contribution in [0.4, 0.5) is 5.69 Å². The van der Waals surface area contributed by atoms with Crippen molar-refractivity contribution in [1.82, 2.24) is 4.57 Å². The Morgan fingerprint density at radius 3 is 2.94 bits per heavy atom. The fourth-order valence-corrected chi connectivity index (χ4v) is 1.37. The molecule has 0 aromatic carbocycles.